The van der Waals surface area contributed by atoms with Gasteiger partial charge in [0.1, 0.15) is 6.33 Å². The molecule has 1 aromatic carbocycles. The van der Waals surface area contributed by atoms with Crippen LogP contribution in [-0.2, 0) is 4.79 Å². The minimum Gasteiger partial charge on any atom is -0.338 e. The second-order valence-corrected chi connectivity index (χ2v) is 6.62. The third-order valence-corrected chi connectivity index (χ3v) is 5.06. The summed E-state index contributed by atoms with van der Waals surface area (Å²) in [4.78, 5) is 33.2. The maximum atomic E-state index is 13.1. The Labute approximate surface area is 146 Å². The van der Waals surface area contributed by atoms with Crippen LogP contribution in [-0.4, -0.2) is 62.5 Å². The summed E-state index contributed by atoms with van der Waals surface area (Å²) in [6, 6.07) is 7.59. The zero-order valence-corrected chi connectivity index (χ0v) is 14.0. The molecule has 0 spiro atoms. The van der Waals surface area contributed by atoms with Gasteiger partial charge in [-0.3, -0.25) is 14.7 Å². The number of H-pyrrole nitrogens is 1. The summed E-state index contributed by atoms with van der Waals surface area (Å²) >= 11 is 0. The number of likely N-dealkylation sites (tertiary alicyclic amines) is 2. The Balaban J connectivity index is 1.56. The van der Waals surface area contributed by atoms with Crippen molar-refractivity contribution in [2.45, 2.75) is 31.7 Å². The van der Waals surface area contributed by atoms with Gasteiger partial charge in [-0.1, -0.05) is 18.2 Å². The van der Waals surface area contributed by atoms with Crippen LogP contribution in [0.1, 0.15) is 36.0 Å². The van der Waals surface area contributed by atoms with E-state index in [0.717, 1.165) is 37.9 Å². The first-order valence-electron chi connectivity index (χ1n) is 8.77. The number of hydrogen-bond donors (Lipinski definition) is 1. The molecule has 2 fully saturated rings. The molecular formula is C18H21N5O2. The van der Waals surface area contributed by atoms with Gasteiger partial charge < -0.3 is 9.80 Å². The molecule has 1 atom stereocenters. The van der Waals surface area contributed by atoms with Gasteiger partial charge in [0.25, 0.3) is 5.91 Å². The first-order chi connectivity index (χ1) is 12.2. The standard InChI is InChI=1S/C18H21N5O2/c24-16-8-4-10-23(16)13-5-3-9-22(11-13)18(25)15-7-2-1-6-14(15)17-19-12-20-21-17/h1-2,6-7,12-13H,3-5,8-11H2,(H,19,20,21)/t13-/m1/s1. The Morgan fingerprint density at radius 2 is 2.08 bits per heavy atom. The quantitative estimate of drug-likeness (QED) is 0.923. The van der Waals surface area contributed by atoms with Crippen LogP contribution in [0.5, 0.6) is 0 Å². The van der Waals surface area contributed by atoms with Crippen LogP contribution in [0.25, 0.3) is 11.4 Å². The summed E-state index contributed by atoms with van der Waals surface area (Å²) in [6.07, 6.45) is 4.90. The molecule has 2 aliphatic heterocycles. The van der Waals surface area contributed by atoms with Crippen LogP contribution in [0.4, 0.5) is 0 Å². The number of piperidine rings is 1. The van der Waals surface area contributed by atoms with Gasteiger partial charge in [-0.15, -0.1) is 0 Å². The summed E-state index contributed by atoms with van der Waals surface area (Å²) in [7, 11) is 0. The fourth-order valence-electron chi connectivity index (χ4n) is 3.83. The van der Waals surface area contributed by atoms with Gasteiger partial charge >= 0.3 is 0 Å². The molecule has 4 rings (SSSR count). The van der Waals surface area contributed by atoms with Gasteiger partial charge in [-0.2, -0.15) is 5.10 Å². The number of aromatic amines is 1. The Morgan fingerprint density at radius 3 is 2.84 bits per heavy atom. The normalized spacial score (nSPS) is 21.0. The average molecular weight is 339 g/mol. The molecule has 7 nitrogen and oxygen atoms in total. The lowest BCUT2D eigenvalue weighted by Crippen LogP contribution is -2.50. The first kappa shape index (κ1) is 15.8. The third-order valence-electron chi connectivity index (χ3n) is 5.06. The van der Waals surface area contributed by atoms with E-state index in [2.05, 4.69) is 15.2 Å². The van der Waals surface area contributed by atoms with Crippen LogP contribution >= 0.6 is 0 Å². The van der Waals surface area contributed by atoms with E-state index in [1.165, 1.54) is 6.33 Å². The fraction of sp³-hybridized carbons (Fsp3) is 0.444. The van der Waals surface area contributed by atoms with Gasteiger partial charge in [-0.05, 0) is 25.3 Å². The van der Waals surface area contributed by atoms with E-state index in [0.29, 0.717) is 24.4 Å². The number of carbonyl (C=O) groups is 2. The number of nitrogens with zero attached hydrogens (tertiary/aromatic N) is 4. The smallest absolute Gasteiger partial charge is 0.254 e. The van der Waals surface area contributed by atoms with E-state index in [1.807, 2.05) is 34.1 Å². The molecule has 2 aliphatic rings. The molecular weight excluding hydrogens is 318 g/mol. The topological polar surface area (TPSA) is 82.2 Å². The number of carbonyl (C=O) groups excluding carboxylic acids is 2. The number of hydrogen-bond acceptors (Lipinski definition) is 4. The van der Waals surface area contributed by atoms with Crippen LogP contribution in [0.15, 0.2) is 30.6 Å². The molecule has 7 heteroatoms. The van der Waals surface area contributed by atoms with Crippen molar-refractivity contribution >= 4 is 11.8 Å². The Bertz CT molecular complexity index is 774. The number of rotatable bonds is 3. The fourth-order valence-corrected chi connectivity index (χ4v) is 3.83. The second kappa shape index (κ2) is 6.66. The lowest BCUT2D eigenvalue weighted by Gasteiger charge is -2.37. The van der Waals surface area contributed by atoms with Gasteiger partial charge in [0.05, 0.1) is 5.56 Å². The number of benzene rings is 1. The van der Waals surface area contributed by atoms with Crippen molar-refractivity contribution in [3.8, 4) is 11.4 Å². The summed E-state index contributed by atoms with van der Waals surface area (Å²) in [5.41, 5.74) is 1.37. The van der Waals surface area contributed by atoms with Crippen molar-refractivity contribution in [1.29, 1.82) is 0 Å². The van der Waals surface area contributed by atoms with E-state index in [9.17, 15) is 9.59 Å². The average Bonchev–Trinajstić information content (AvgIpc) is 3.33. The summed E-state index contributed by atoms with van der Waals surface area (Å²) < 4.78 is 0. The van der Waals surface area contributed by atoms with Gasteiger partial charge in [0.15, 0.2) is 5.82 Å². The molecule has 25 heavy (non-hydrogen) atoms. The van der Waals surface area contributed by atoms with Crippen molar-refractivity contribution in [3.05, 3.63) is 36.2 Å². The highest BCUT2D eigenvalue weighted by molar-refractivity contribution is 6.00. The van der Waals surface area contributed by atoms with Gasteiger partial charge in [0, 0.05) is 37.7 Å². The molecule has 0 saturated carbocycles. The van der Waals surface area contributed by atoms with E-state index < -0.39 is 0 Å². The van der Waals surface area contributed by atoms with E-state index in [1.54, 1.807) is 0 Å². The highest BCUT2D eigenvalue weighted by Crippen LogP contribution is 2.25. The number of aromatic nitrogens is 3. The molecule has 3 heterocycles. The summed E-state index contributed by atoms with van der Waals surface area (Å²) in [6.45, 7) is 2.15. The minimum absolute atomic E-state index is 0.0108. The van der Waals surface area contributed by atoms with E-state index in [4.69, 9.17) is 0 Å². The maximum Gasteiger partial charge on any atom is 0.254 e. The Morgan fingerprint density at radius 1 is 1.20 bits per heavy atom. The number of amides is 2. The highest BCUT2D eigenvalue weighted by atomic mass is 16.2. The molecule has 0 bridgehead atoms. The zero-order chi connectivity index (χ0) is 17.2. The predicted molar refractivity (Wildman–Crippen MR) is 91.7 cm³/mol. The maximum absolute atomic E-state index is 13.1. The van der Waals surface area contributed by atoms with E-state index >= 15 is 0 Å². The SMILES string of the molecule is O=C(c1ccccc1-c1ncn[nH]1)N1CCC[C@@H](N2CCCC2=O)C1. The molecule has 2 amide bonds. The van der Waals surface area contributed by atoms with Gasteiger partial charge in [0.2, 0.25) is 5.91 Å². The largest absolute Gasteiger partial charge is 0.338 e. The van der Waals surface area contributed by atoms with Crippen molar-refractivity contribution in [2.24, 2.45) is 0 Å². The number of nitrogens with one attached hydrogen (secondary N) is 1. The molecule has 130 valence electrons. The molecule has 0 unspecified atom stereocenters. The molecule has 2 aromatic rings. The minimum atomic E-state index is -0.0108. The molecule has 1 N–H and O–H groups in total. The van der Waals surface area contributed by atoms with Gasteiger partial charge in [-0.25, -0.2) is 4.98 Å². The summed E-state index contributed by atoms with van der Waals surface area (Å²) in [5.74, 6) is 0.803. The van der Waals surface area contributed by atoms with E-state index in [-0.39, 0.29) is 17.9 Å². The third kappa shape index (κ3) is 3.01. The highest BCUT2D eigenvalue weighted by Gasteiger charge is 2.33. The molecule has 0 aliphatic carbocycles. The molecule has 1 aromatic heterocycles. The van der Waals surface area contributed by atoms with Crippen LogP contribution in [0.2, 0.25) is 0 Å². The lowest BCUT2D eigenvalue weighted by atomic mass is 10.0. The van der Waals surface area contributed by atoms with Crippen molar-refractivity contribution in [3.63, 3.8) is 0 Å². The zero-order valence-electron chi connectivity index (χ0n) is 14.0. The lowest BCUT2D eigenvalue weighted by molar-refractivity contribution is -0.130. The van der Waals surface area contributed by atoms with Crippen molar-refractivity contribution in [2.75, 3.05) is 19.6 Å². The van der Waals surface area contributed by atoms with Crippen molar-refractivity contribution in [1.82, 2.24) is 25.0 Å². The summed E-state index contributed by atoms with van der Waals surface area (Å²) in [5, 5.41) is 6.71. The predicted octanol–water partition coefficient (Wildman–Crippen LogP) is 1.70. The van der Waals surface area contributed by atoms with Crippen molar-refractivity contribution < 1.29 is 9.59 Å². The monoisotopic (exact) mass is 339 g/mol. The Hall–Kier alpha value is -2.70. The first-order valence-corrected chi connectivity index (χ1v) is 8.77. The van der Waals surface area contributed by atoms with Crippen LogP contribution < -0.4 is 0 Å². The Kier molecular flexibility index (Phi) is 4.21. The van der Waals surface area contributed by atoms with Crippen LogP contribution in [0.3, 0.4) is 0 Å². The van der Waals surface area contributed by atoms with Crippen LogP contribution in [0, 0.1) is 0 Å². The second-order valence-electron chi connectivity index (χ2n) is 6.62. The molecule has 2 saturated heterocycles. The molecule has 0 radical (unpaired) electrons.